The maximum Gasteiger partial charge on any atom is 0.343 e. The second-order valence-electron chi connectivity index (χ2n) is 9.39. The first-order valence-corrected chi connectivity index (χ1v) is 12.6. The predicted molar refractivity (Wildman–Crippen MR) is 145 cm³/mol. The summed E-state index contributed by atoms with van der Waals surface area (Å²) in [5.74, 6) is -1.72. The van der Waals surface area contributed by atoms with Crippen LogP contribution in [0, 0.1) is 0 Å². The molecule has 0 amide bonds. The van der Waals surface area contributed by atoms with Gasteiger partial charge in [0.15, 0.2) is 0 Å². The Hall–Kier alpha value is -3.39. The molecule has 0 bridgehead atoms. The lowest BCUT2D eigenvalue weighted by molar-refractivity contribution is -0.000537. The summed E-state index contributed by atoms with van der Waals surface area (Å²) >= 11 is 12.4. The standard InChI is InChI=1S/C28H25Cl2N3O4/c1-32-22-10-8-18(29)15-20(22)25(23(26(32)34)27(35)36)33-13-11-28(37,12-14-33)24(17-5-3-2-4-6-17)21-9-7-19(30)16-31-21/h2-10,15-16,24,37H,11-14H2,1H3,(H,35,36)/t24-/m1/s1. The van der Waals surface area contributed by atoms with E-state index in [1.165, 1.54) is 4.57 Å². The van der Waals surface area contributed by atoms with E-state index in [4.69, 9.17) is 23.2 Å². The van der Waals surface area contributed by atoms with Crippen molar-refractivity contribution in [2.24, 2.45) is 7.05 Å². The van der Waals surface area contributed by atoms with Gasteiger partial charge >= 0.3 is 5.97 Å². The van der Waals surface area contributed by atoms with Crippen molar-refractivity contribution in [3.63, 3.8) is 0 Å². The fourth-order valence-electron chi connectivity index (χ4n) is 5.39. The highest BCUT2D eigenvalue weighted by molar-refractivity contribution is 6.31. The molecule has 37 heavy (non-hydrogen) atoms. The summed E-state index contributed by atoms with van der Waals surface area (Å²) in [5.41, 5.74) is 0.481. The van der Waals surface area contributed by atoms with Gasteiger partial charge in [-0.2, -0.15) is 0 Å². The lowest BCUT2D eigenvalue weighted by Gasteiger charge is -2.44. The van der Waals surface area contributed by atoms with Gasteiger partial charge in [-0.15, -0.1) is 0 Å². The number of fused-ring (bicyclic) bond motifs is 1. The molecule has 0 saturated carbocycles. The van der Waals surface area contributed by atoms with Crippen LogP contribution in [-0.4, -0.2) is 44.4 Å². The van der Waals surface area contributed by atoms with Crippen LogP contribution >= 0.6 is 23.2 Å². The summed E-state index contributed by atoms with van der Waals surface area (Å²) in [6, 6.07) is 18.3. The zero-order valence-electron chi connectivity index (χ0n) is 20.1. The Balaban J connectivity index is 1.57. The van der Waals surface area contributed by atoms with Crippen molar-refractivity contribution >= 4 is 45.8 Å². The SMILES string of the molecule is Cn1c(=O)c(C(=O)O)c(N2CCC(O)([C@H](c3ccccc3)c3ccc(Cl)cn3)CC2)c2cc(Cl)ccc21. The molecular formula is C28H25Cl2N3O4. The molecule has 1 aliphatic rings. The van der Waals surface area contributed by atoms with E-state index in [-0.39, 0.29) is 5.56 Å². The number of rotatable bonds is 5. The topological polar surface area (TPSA) is 95.7 Å². The number of carboxylic acids is 1. The summed E-state index contributed by atoms with van der Waals surface area (Å²) in [4.78, 5) is 31.7. The van der Waals surface area contributed by atoms with Crippen LogP contribution in [0.15, 0.2) is 71.7 Å². The van der Waals surface area contributed by atoms with Gasteiger partial charge in [0.2, 0.25) is 0 Å². The molecule has 2 aromatic heterocycles. The minimum absolute atomic E-state index is 0.304. The van der Waals surface area contributed by atoms with E-state index in [0.717, 1.165) is 5.56 Å². The van der Waals surface area contributed by atoms with Crippen LogP contribution in [0.3, 0.4) is 0 Å². The molecule has 0 spiro atoms. The first kappa shape index (κ1) is 25.3. The zero-order valence-corrected chi connectivity index (χ0v) is 21.6. The molecule has 1 fully saturated rings. The smallest absolute Gasteiger partial charge is 0.343 e. The highest BCUT2D eigenvalue weighted by Gasteiger charge is 2.43. The molecule has 3 heterocycles. The Morgan fingerprint density at radius 3 is 2.32 bits per heavy atom. The molecule has 190 valence electrons. The molecular weight excluding hydrogens is 513 g/mol. The van der Waals surface area contributed by atoms with Crippen molar-refractivity contribution in [1.29, 1.82) is 0 Å². The second kappa shape index (κ2) is 9.82. The first-order valence-electron chi connectivity index (χ1n) is 11.9. The molecule has 5 rings (SSSR count). The van der Waals surface area contributed by atoms with Crippen LogP contribution < -0.4 is 10.5 Å². The second-order valence-corrected chi connectivity index (χ2v) is 10.3. The molecule has 0 radical (unpaired) electrons. The monoisotopic (exact) mass is 537 g/mol. The van der Waals surface area contributed by atoms with Crippen LogP contribution in [0.1, 0.15) is 40.4 Å². The summed E-state index contributed by atoms with van der Waals surface area (Å²) < 4.78 is 1.33. The minimum atomic E-state index is -1.30. The van der Waals surface area contributed by atoms with E-state index in [9.17, 15) is 19.8 Å². The number of nitrogens with zero attached hydrogens (tertiary/aromatic N) is 3. The number of aryl methyl sites for hydroxylation is 1. The molecule has 2 N–H and O–H groups in total. The van der Waals surface area contributed by atoms with Gasteiger partial charge in [-0.3, -0.25) is 9.78 Å². The average Bonchev–Trinajstić information content (AvgIpc) is 2.88. The van der Waals surface area contributed by atoms with E-state index >= 15 is 0 Å². The van der Waals surface area contributed by atoms with Crippen LogP contribution in [-0.2, 0) is 7.05 Å². The molecule has 7 nitrogen and oxygen atoms in total. The molecule has 4 aromatic rings. The van der Waals surface area contributed by atoms with Crippen molar-refractivity contribution in [2.45, 2.75) is 24.4 Å². The molecule has 1 atom stereocenters. The van der Waals surface area contributed by atoms with Crippen molar-refractivity contribution in [3.8, 4) is 0 Å². The predicted octanol–water partition coefficient (Wildman–Crippen LogP) is 5.10. The van der Waals surface area contributed by atoms with Gasteiger partial charge in [0.25, 0.3) is 5.56 Å². The molecule has 9 heteroatoms. The number of pyridine rings is 2. The minimum Gasteiger partial charge on any atom is -0.477 e. The Kier molecular flexibility index (Phi) is 6.70. The number of halogens is 2. The van der Waals surface area contributed by atoms with Gasteiger partial charge in [0.1, 0.15) is 5.56 Å². The van der Waals surface area contributed by atoms with E-state index < -0.39 is 23.0 Å². The summed E-state index contributed by atoms with van der Waals surface area (Å²) in [5, 5.41) is 23.5. The third-order valence-corrected chi connectivity index (χ3v) is 7.66. The summed E-state index contributed by atoms with van der Waals surface area (Å²) in [6.07, 6.45) is 2.22. The number of hydrogen-bond donors (Lipinski definition) is 2. The normalized spacial score (nSPS) is 16.1. The lowest BCUT2D eigenvalue weighted by Crippen LogP contribution is -2.49. The summed E-state index contributed by atoms with van der Waals surface area (Å²) in [6.45, 7) is 0.672. The van der Waals surface area contributed by atoms with Crippen LogP contribution in [0.25, 0.3) is 10.9 Å². The molecule has 2 aromatic carbocycles. The Morgan fingerprint density at radius 2 is 1.70 bits per heavy atom. The van der Waals surface area contributed by atoms with E-state index in [1.807, 2.05) is 41.3 Å². The number of carbonyl (C=O) groups is 1. The van der Waals surface area contributed by atoms with Gasteiger partial charge in [-0.1, -0.05) is 53.5 Å². The third kappa shape index (κ3) is 4.59. The van der Waals surface area contributed by atoms with E-state index in [0.29, 0.717) is 58.3 Å². The number of aliphatic hydroxyl groups is 1. The Morgan fingerprint density at radius 1 is 1.03 bits per heavy atom. The van der Waals surface area contributed by atoms with Crippen LogP contribution in [0.2, 0.25) is 10.0 Å². The fourth-order valence-corrected chi connectivity index (χ4v) is 5.67. The number of aromatic nitrogens is 2. The first-order chi connectivity index (χ1) is 17.7. The van der Waals surface area contributed by atoms with E-state index in [1.54, 1.807) is 37.5 Å². The third-order valence-electron chi connectivity index (χ3n) is 7.21. The maximum absolute atomic E-state index is 13.1. The largest absolute Gasteiger partial charge is 0.477 e. The molecule has 1 saturated heterocycles. The van der Waals surface area contributed by atoms with E-state index in [2.05, 4.69) is 4.98 Å². The Labute approximate surface area is 223 Å². The Bertz CT molecular complexity index is 1530. The zero-order chi connectivity index (χ0) is 26.3. The molecule has 0 aliphatic carbocycles. The number of anilines is 1. The molecule has 1 aliphatic heterocycles. The van der Waals surface area contributed by atoms with Crippen LogP contribution in [0.5, 0.6) is 0 Å². The molecule has 0 unspecified atom stereocenters. The van der Waals surface area contributed by atoms with Gasteiger partial charge in [-0.25, -0.2) is 4.79 Å². The summed E-state index contributed by atoms with van der Waals surface area (Å²) in [7, 11) is 1.55. The maximum atomic E-state index is 13.1. The quantitative estimate of drug-likeness (QED) is 0.367. The average molecular weight is 538 g/mol. The van der Waals surface area contributed by atoms with Crippen molar-refractivity contribution in [1.82, 2.24) is 9.55 Å². The number of carboxylic acid groups (broad SMARTS) is 1. The highest BCUT2D eigenvalue weighted by atomic mass is 35.5. The number of benzene rings is 2. The van der Waals surface area contributed by atoms with Crippen molar-refractivity contribution in [2.75, 3.05) is 18.0 Å². The number of piperidine rings is 1. The van der Waals surface area contributed by atoms with Gasteiger partial charge in [-0.05, 0) is 48.7 Å². The fraction of sp³-hybridized carbons (Fsp3) is 0.250. The number of aromatic carboxylic acids is 1. The van der Waals surface area contributed by atoms with Crippen LogP contribution in [0.4, 0.5) is 5.69 Å². The van der Waals surface area contributed by atoms with Gasteiger partial charge < -0.3 is 19.7 Å². The van der Waals surface area contributed by atoms with Gasteiger partial charge in [0, 0.05) is 36.7 Å². The van der Waals surface area contributed by atoms with Gasteiger partial charge in [0.05, 0.1) is 33.4 Å². The number of hydrogen-bond acceptors (Lipinski definition) is 5. The van der Waals surface area contributed by atoms with Crippen molar-refractivity contribution < 1.29 is 15.0 Å². The highest BCUT2D eigenvalue weighted by Crippen LogP contribution is 2.43. The lowest BCUT2D eigenvalue weighted by atomic mass is 9.74. The van der Waals surface area contributed by atoms with Crippen molar-refractivity contribution in [3.05, 3.63) is 104 Å².